The average Bonchev–Trinajstić information content (AvgIpc) is 2.48. The molecule has 3 N–H and O–H groups in total. The van der Waals surface area contributed by atoms with Crippen molar-refractivity contribution in [2.75, 3.05) is 23.7 Å². The Bertz CT molecular complexity index is 662. The van der Waals surface area contributed by atoms with Crippen molar-refractivity contribution >= 4 is 28.1 Å². The van der Waals surface area contributed by atoms with E-state index in [4.69, 9.17) is 5.73 Å². The van der Waals surface area contributed by atoms with Crippen LogP contribution >= 0.6 is 0 Å². The number of aromatic nitrogens is 1. The molecule has 5 nitrogen and oxygen atoms in total. The van der Waals surface area contributed by atoms with Crippen LogP contribution in [0.15, 0.2) is 30.6 Å². The average molecular weight is 284 g/mol. The van der Waals surface area contributed by atoms with Crippen LogP contribution in [0.5, 0.6) is 0 Å². The van der Waals surface area contributed by atoms with Crippen molar-refractivity contribution < 1.29 is 4.79 Å². The van der Waals surface area contributed by atoms with E-state index < -0.39 is 0 Å². The molecule has 1 aromatic heterocycles. The quantitative estimate of drug-likeness (QED) is 0.827. The lowest BCUT2D eigenvalue weighted by Gasteiger charge is -2.34. The summed E-state index contributed by atoms with van der Waals surface area (Å²) in [6.07, 6.45) is 5.56. The molecule has 0 unspecified atom stereocenters. The number of hydrogen-bond donors (Lipinski definition) is 2. The second-order valence-corrected chi connectivity index (χ2v) is 5.56. The van der Waals surface area contributed by atoms with E-state index in [2.05, 4.69) is 21.3 Å². The summed E-state index contributed by atoms with van der Waals surface area (Å²) in [4.78, 5) is 17.7. The third-order valence-electron chi connectivity index (χ3n) is 4.07. The van der Waals surface area contributed by atoms with E-state index in [1.54, 1.807) is 13.1 Å². The van der Waals surface area contributed by atoms with E-state index in [-0.39, 0.29) is 5.91 Å². The molecule has 2 heterocycles. The lowest BCUT2D eigenvalue weighted by Crippen LogP contribution is -2.44. The van der Waals surface area contributed by atoms with Gasteiger partial charge in [0, 0.05) is 60.6 Å². The number of pyridine rings is 1. The van der Waals surface area contributed by atoms with Gasteiger partial charge in [-0.15, -0.1) is 0 Å². The fourth-order valence-electron chi connectivity index (χ4n) is 3.02. The number of hydrogen-bond acceptors (Lipinski definition) is 4. The maximum atomic E-state index is 11.1. The minimum atomic E-state index is 0.0532. The molecule has 1 amide bonds. The molecule has 0 aliphatic carbocycles. The summed E-state index contributed by atoms with van der Waals surface area (Å²) in [5.41, 5.74) is 7.98. The number of nitrogens with two attached hydrogens (primary N) is 1. The normalized spacial score (nSPS) is 16.1. The Morgan fingerprint density at radius 3 is 2.76 bits per heavy atom. The van der Waals surface area contributed by atoms with Gasteiger partial charge in [-0.2, -0.15) is 0 Å². The van der Waals surface area contributed by atoms with Gasteiger partial charge in [0.25, 0.3) is 0 Å². The van der Waals surface area contributed by atoms with E-state index in [9.17, 15) is 4.79 Å². The Labute approximate surface area is 124 Å². The number of piperidine rings is 1. The molecule has 0 bridgehead atoms. The lowest BCUT2D eigenvalue weighted by molar-refractivity contribution is -0.119. The molecule has 21 heavy (non-hydrogen) atoms. The summed E-state index contributed by atoms with van der Waals surface area (Å²) in [6, 6.07) is 6.33. The Balaban J connectivity index is 1.83. The van der Waals surface area contributed by atoms with E-state index in [0.29, 0.717) is 6.04 Å². The van der Waals surface area contributed by atoms with Gasteiger partial charge in [0.05, 0.1) is 0 Å². The topological polar surface area (TPSA) is 71.2 Å². The van der Waals surface area contributed by atoms with Crippen LogP contribution in [0, 0.1) is 0 Å². The van der Waals surface area contributed by atoms with Crippen LogP contribution in [0.2, 0.25) is 0 Å². The van der Waals surface area contributed by atoms with Crippen molar-refractivity contribution in [1.29, 1.82) is 0 Å². The van der Waals surface area contributed by atoms with Gasteiger partial charge in [-0.3, -0.25) is 9.78 Å². The monoisotopic (exact) mass is 284 g/mol. The van der Waals surface area contributed by atoms with Gasteiger partial charge in [-0.05, 0) is 31.0 Å². The van der Waals surface area contributed by atoms with E-state index >= 15 is 0 Å². The first-order valence-electron chi connectivity index (χ1n) is 7.29. The number of carbonyl (C=O) groups is 1. The molecular weight excluding hydrogens is 264 g/mol. The molecule has 0 saturated carbocycles. The Morgan fingerprint density at radius 1 is 1.29 bits per heavy atom. The fraction of sp³-hybridized carbons (Fsp3) is 0.375. The molecule has 1 aromatic carbocycles. The van der Waals surface area contributed by atoms with Gasteiger partial charge in [0.15, 0.2) is 0 Å². The number of benzene rings is 1. The third-order valence-corrected chi connectivity index (χ3v) is 4.07. The van der Waals surface area contributed by atoms with Crippen LogP contribution in [0.3, 0.4) is 0 Å². The highest BCUT2D eigenvalue weighted by Crippen LogP contribution is 2.31. The van der Waals surface area contributed by atoms with Gasteiger partial charge in [-0.25, -0.2) is 0 Å². The molecule has 1 aliphatic heterocycles. The van der Waals surface area contributed by atoms with Crippen molar-refractivity contribution in [1.82, 2.24) is 10.3 Å². The number of fused-ring (bicyclic) bond motifs is 1. The summed E-state index contributed by atoms with van der Waals surface area (Å²) in [5.74, 6) is 0.0532. The van der Waals surface area contributed by atoms with E-state index in [1.165, 1.54) is 5.69 Å². The Kier molecular flexibility index (Phi) is 3.64. The number of nitrogen functional groups attached to an aromatic ring is 1. The zero-order valence-corrected chi connectivity index (χ0v) is 12.2. The summed E-state index contributed by atoms with van der Waals surface area (Å²) in [7, 11) is 0. The minimum Gasteiger partial charge on any atom is -0.398 e. The lowest BCUT2D eigenvalue weighted by atomic mass is 10.0. The van der Waals surface area contributed by atoms with Gasteiger partial charge in [0.1, 0.15) is 0 Å². The molecule has 0 atom stereocenters. The third kappa shape index (κ3) is 2.77. The maximum Gasteiger partial charge on any atom is 0.217 e. The standard InChI is InChI=1S/C16H20N4O/c1-11(21)19-12-5-8-20(9-6-12)16-3-2-15(17)14-10-18-7-4-13(14)16/h2-4,7,10,12H,5-6,8-9,17H2,1H3,(H,19,21). The first kappa shape index (κ1) is 13.7. The predicted molar refractivity (Wildman–Crippen MR) is 85.2 cm³/mol. The molecule has 1 fully saturated rings. The first-order valence-corrected chi connectivity index (χ1v) is 7.29. The number of amides is 1. The minimum absolute atomic E-state index is 0.0532. The molecule has 0 spiro atoms. The molecule has 5 heteroatoms. The smallest absolute Gasteiger partial charge is 0.217 e. The number of nitrogens with one attached hydrogen (secondary N) is 1. The number of anilines is 2. The highest BCUT2D eigenvalue weighted by atomic mass is 16.1. The molecule has 110 valence electrons. The van der Waals surface area contributed by atoms with Crippen LogP contribution in [0.4, 0.5) is 11.4 Å². The second kappa shape index (κ2) is 5.60. The van der Waals surface area contributed by atoms with Crippen LogP contribution < -0.4 is 16.0 Å². The fourth-order valence-corrected chi connectivity index (χ4v) is 3.02. The van der Waals surface area contributed by atoms with Gasteiger partial charge in [0.2, 0.25) is 5.91 Å². The van der Waals surface area contributed by atoms with Crippen LogP contribution in [-0.4, -0.2) is 30.0 Å². The summed E-state index contributed by atoms with van der Waals surface area (Å²) >= 11 is 0. The summed E-state index contributed by atoms with van der Waals surface area (Å²) < 4.78 is 0. The largest absolute Gasteiger partial charge is 0.398 e. The maximum absolute atomic E-state index is 11.1. The Morgan fingerprint density at radius 2 is 2.05 bits per heavy atom. The van der Waals surface area contributed by atoms with Gasteiger partial charge >= 0.3 is 0 Å². The first-order chi connectivity index (χ1) is 10.1. The van der Waals surface area contributed by atoms with Crippen LogP contribution in [0.25, 0.3) is 10.8 Å². The molecule has 2 aromatic rings. The highest BCUT2D eigenvalue weighted by molar-refractivity contribution is 6.00. The van der Waals surface area contributed by atoms with Crippen molar-refractivity contribution in [2.45, 2.75) is 25.8 Å². The van der Waals surface area contributed by atoms with E-state index in [0.717, 1.165) is 42.4 Å². The van der Waals surface area contributed by atoms with Crippen molar-refractivity contribution in [3.8, 4) is 0 Å². The summed E-state index contributed by atoms with van der Waals surface area (Å²) in [5, 5.41) is 5.15. The van der Waals surface area contributed by atoms with Gasteiger partial charge in [-0.1, -0.05) is 0 Å². The summed E-state index contributed by atoms with van der Waals surface area (Å²) in [6.45, 7) is 3.45. The SMILES string of the molecule is CC(=O)NC1CCN(c2ccc(N)c3cnccc23)CC1. The molecule has 3 rings (SSSR count). The van der Waals surface area contributed by atoms with Crippen molar-refractivity contribution in [2.24, 2.45) is 0 Å². The Hall–Kier alpha value is -2.30. The number of nitrogens with zero attached hydrogens (tertiary/aromatic N) is 2. The second-order valence-electron chi connectivity index (χ2n) is 5.56. The van der Waals surface area contributed by atoms with E-state index in [1.807, 2.05) is 18.3 Å². The molecule has 1 saturated heterocycles. The highest BCUT2D eigenvalue weighted by Gasteiger charge is 2.21. The van der Waals surface area contributed by atoms with Crippen LogP contribution in [0.1, 0.15) is 19.8 Å². The molecule has 1 aliphatic rings. The van der Waals surface area contributed by atoms with Gasteiger partial charge < -0.3 is 16.0 Å². The molecule has 0 radical (unpaired) electrons. The predicted octanol–water partition coefficient (Wildman–Crippen LogP) is 1.92. The molecular formula is C16H20N4O. The zero-order chi connectivity index (χ0) is 14.8. The van der Waals surface area contributed by atoms with Crippen molar-refractivity contribution in [3.63, 3.8) is 0 Å². The van der Waals surface area contributed by atoms with Crippen LogP contribution in [-0.2, 0) is 4.79 Å². The number of rotatable bonds is 2. The number of carbonyl (C=O) groups excluding carboxylic acids is 1. The zero-order valence-electron chi connectivity index (χ0n) is 12.2. The van der Waals surface area contributed by atoms with Crippen molar-refractivity contribution in [3.05, 3.63) is 30.6 Å².